The van der Waals surface area contributed by atoms with Gasteiger partial charge in [0.15, 0.2) is 5.82 Å². The number of piperidine rings is 1. The van der Waals surface area contributed by atoms with Gasteiger partial charge in [0.1, 0.15) is 11.9 Å². The molecular weight excluding hydrogens is 790 g/mol. The number of carbonyl (C=O) groups is 3. The summed E-state index contributed by atoms with van der Waals surface area (Å²) in [4.78, 5) is 53.2. The fraction of sp³-hybridized carbons (Fsp3) is 0.558. The topological polar surface area (TPSA) is 189 Å². The molecule has 1 spiro atoms. The van der Waals surface area contributed by atoms with Gasteiger partial charge in [-0.05, 0) is 119 Å². The summed E-state index contributed by atoms with van der Waals surface area (Å²) in [6, 6.07) is 9.20. The van der Waals surface area contributed by atoms with Gasteiger partial charge in [0.25, 0.3) is 0 Å². The van der Waals surface area contributed by atoms with E-state index in [0.717, 1.165) is 83.0 Å². The van der Waals surface area contributed by atoms with Gasteiger partial charge in [0.05, 0.1) is 27.8 Å². The number of nitrogens with zero attached hydrogens (tertiary/aromatic N) is 5. The van der Waals surface area contributed by atoms with Gasteiger partial charge in [-0.2, -0.15) is 4.98 Å². The van der Waals surface area contributed by atoms with E-state index in [-0.39, 0.29) is 40.9 Å². The molecule has 3 aliphatic carbocycles. The minimum atomic E-state index is -3.77. The zero-order valence-corrected chi connectivity index (χ0v) is 34.8. The average molecular weight is 844 g/mol. The number of sulfonamides is 1. The summed E-state index contributed by atoms with van der Waals surface area (Å²) in [5.74, 6) is 0.294. The average Bonchev–Trinajstić information content (AvgIpc) is 4.00. The standard InChI is InChI=1S/C43H54FN9O6S/c1-26-22-31(12-13-33(26)47-42-45-24-32-39(49-42)53(41(57)43(32)16-17-43)29-4-2-5-30(54)23-29)60(58,59)50-28-10-8-27(9-11-28)25-51-18-20-52(21-19-51)36-7-3-6-34(38(36)44)46-35-14-15-37(55)48-40(35)56/h3,6-7,12-13,22,24,27-30,35,46,50,54H,2,4-5,8-11,14-21,23,25H2,1H3,(H,45,47,49)(H,48,55,56)/t27?,28?,29-,30-,35?/m1/s1. The third-order valence-corrected chi connectivity index (χ3v) is 15.1. The molecule has 3 saturated carbocycles. The number of nitrogens with one attached hydrogen (secondary N) is 4. The summed E-state index contributed by atoms with van der Waals surface area (Å²) in [5.41, 5.74) is 2.44. The molecule has 3 aliphatic heterocycles. The summed E-state index contributed by atoms with van der Waals surface area (Å²) in [6.45, 7) is 5.64. The molecule has 0 bridgehead atoms. The van der Waals surface area contributed by atoms with E-state index in [4.69, 9.17) is 4.98 Å². The normalized spacial score (nSPS) is 26.9. The van der Waals surface area contributed by atoms with Crippen LogP contribution in [-0.2, 0) is 29.8 Å². The van der Waals surface area contributed by atoms with Crippen molar-refractivity contribution in [1.82, 2.24) is 24.9 Å². The van der Waals surface area contributed by atoms with Crippen molar-refractivity contribution in [2.75, 3.05) is 53.2 Å². The highest BCUT2D eigenvalue weighted by Crippen LogP contribution is 2.57. The van der Waals surface area contributed by atoms with Crippen LogP contribution in [0.3, 0.4) is 0 Å². The number of hydrogen-bond acceptors (Lipinski definition) is 12. The predicted octanol–water partition coefficient (Wildman–Crippen LogP) is 4.23. The molecule has 1 aromatic heterocycles. The highest BCUT2D eigenvalue weighted by atomic mass is 32.2. The molecule has 6 aliphatic rings. The third-order valence-electron chi connectivity index (χ3n) is 13.6. The van der Waals surface area contributed by atoms with Crippen molar-refractivity contribution in [2.24, 2.45) is 5.92 Å². The second-order valence-corrected chi connectivity index (χ2v) is 19.4. The molecule has 3 aromatic rings. The third kappa shape index (κ3) is 8.08. The van der Waals surface area contributed by atoms with Gasteiger partial charge in [-0.15, -0.1) is 0 Å². The monoisotopic (exact) mass is 843 g/mol. The van der Waals surface area contributed by atoms with Crippen LogP contribution in [0.1, 0.15) is 88.2 Å². The molecule has 320 valence electrons. The summed E-state index contributed by atoms with van der Waals surface area (Å²) < 4.78 is 45.7. The van der Waals surface area contributed by atoms with Crippen LogP contribution in [0.5, 0.6) is 0 Å². The lowest BCUT2D eigenvalue weighted by Crippen LogP contribution is -2.49. The van der Waals surface area contributed by atoms with Crippen molar-refractivity contribution >= 4 is 56.6 Å². The second-order valence-electron chi connectivity index (χ2n) is 17.7. The van der Waals surface area contributed by atoms with Crippen LogP contribution in [0, 0.1) is 18.7 Å². The number of benzene rings is 2. The molecule has 5 fully saturated rings. The van der Waals surface area contributed by atoms with Crippen LogP contribution in [0.2, 0.25) is 0 Å². The number of carbonyl (C=O) groups excluding carboxylic acids is 3. The maximum Gasteiger partial charge on any atom is 0.249 e. The Morgan fingerprint density at radius 2 is 1.75 bits per heavy atom. The van der Waals surface area contributed by atoms with E-state index >= 15 is 4.39 Å². The van der Waals surface area contributed by atoms with Gasteiger partial charge in [-0.3, -0.25) is 29.5 Å². The number of piperazine rings is 1. The van der Waals surface area contributed by atoms with Gasteiger partial charge < -0.3 is 20.6 Å². The van der Waals surface area contributed by atoms with Gasteiger partial charge in [-0.1, -0.05) is 6.07 Å². The molecule has 17 heteroatoms. The number of aliphatic hydroxyl groups excluding tert-OH is 1. The van der Waals surface area contributed by atoms with Crippen LogP contribution in [0.25, 0.3) is 0 Å². The first-order valence-corrected chi connectivity index (χ1v) is 23.0. The van der Waals surface area contributed by atoms with Gasteiger partial charge in [0, 0.05) is 68.7 Å². The van der Waals surface area contributed by atoms with E-state index in [0.29, 0.717) is 60.6 Å². The molecule has 15 nitrogen and oxygen atoms in total. The number of anilines is 5. The lowest BCUT2D eigenvalue weighted by atomic mass is 9.86. The SMILES string of the molecule is Cc1cc(S(=O)(=O)NC2CCC(CN3CCN(c4cccc(NC5CCC(=O)NC5=O)c4F)CC3)CC2)ccc1Nc1ncc2c(n1)N([C@@H]1CCC[C@@H](O)C1)C(=O)C21CC1. The number of aromatic nitrogens is 2. The number of imide groups is 1. The van der Waals surface area contributed by atoms with E-state index < -0.39 is 39.3 Å². The van der Waals surface area contributed by atoms with E-state index in [1.54, 1.807) is 47.5 Å². The lowest BCUT2D eigenvalue weighted by Gasteiger charge is -2.39. The number of halogens is 1. The second kappa shape index (κ2) is 16.3. The Labute approximate surface area is 349 Å². The number of amides is 3. The molecule has 9 rings (SSSR count). The first-order chi connectivity index (χ1) is 28.9. The molecule has 4 heterocycles. The summed E-state index contributed by atoms with van der Waals surface area (Å²) in [5, 5.41) is 18.9. The first kappa shape index (κ1) is 40.7. The van der Waals surface area contributed by atoms with E-state index in [2.05, 4.69) is 30.6 Å². The smallest absolute Gasteiger partial charge is 0.249 e. The Hall–Kier alpha value is -4.71. The maximum absolute atomic E-state index is 15.6. The quantitative estimate of drug-likeness (QED) is 0.173. The summed E-state index contributed by atoms with van der Waals surface area (Å²) in [7, 11) is -3.77. The fourth-order valence-electron chi connectivity index (χ4n) is 9.96. The predicted molar refractivity (Wildman–Crippen MR) is 224 cm³/mol. The Balaban J connectivity index is 0.756. The van der Waals surface area contributed by atoms with Crippen molar-refractivity contribution in [3.05, 3.63) is 59.5 Å². The van der Waals surface area contributed by atoms with E-state index in [1.807, 2.05) is 11.8 Å². The zero-order chi connectivity index (χ0) is 41.8. The minimum absolute atomic E-state index is 0.0615. The molecule has 60 heavy (non-hydrogen) atoms. The Morgan fingerprint density at radius 3 is 2.47 bits per heavy atom. The Bertz CT molecular complexity index is 2280. The zero-order valence-electron chi connectivity index (χ0n) is 34.0. The van der Waals surface area contributed by atoms with Gasteiger partial charge >= 0.3 is 0 Å². The summed E-state index contributed by atoms with van der Waals surface area (Å²) in [6.07, 6.45) is 9.69. The van der Waals surface area contributed by atoms with E-state index in [9.17, 15) is 27.9 Å². The largest absolute Gasteiger partial charge is 0.393 e. The van der Waals surface area contributed by atoms with Crippen molar-refractivity contribution in [3.8, 4) is 0 Å². The van der Waals surface area contributed by atoms with Crippen LogP contribution in [0.15, 0.2) is 47.5 Å². The van der Waals surface area contributed by atoms with Gasteiger partial charge in [-0.25, -0.2) is 22.5 Å². The first-order valence-electron chi connectivity index (χ1n) is 21.5. The van der Waals surface area contributed by atoms with Crippen molar-refractivity contribution < 1.29 is 32.3 Å². The highest BCUT2D eigenvalue weighted by Gasteiger charge is 2.61. The number of aliphatic hydroxyl groups is 1. The Morgan fingerprint density at radius 1 is 0.967 bits per heavy atom. The summed E-state index contributed by atoms with van der Waals surface area (Å²) >= 11 is 0. The molecular formula is C43H54FN9O6S. The maximum atomic E-state index is 15.6. The van der Waals surface area contributed by atoms with Crippen LogP contribution >= 0.6 is 0 Å². The minimum Gasteiger partial charge on any atom is -0.393 e. The van der Waals surface area contributed by atoms with Crippen LogP contribution < -0.4 is 30.5 Å². The number of aryl methyl sites for hydroxylation is 1. The molecule has 1 unspecified atom stereocenters. The highest BCUT2D eigenvalue weighted by molar-refractivity contribution is 7.89. The Kier molecular flexibility index (Phi) is 11.0. The molecule has 2 aromatic carbocycles. The van der Waals surface area contributed by atoms with Crippen molar-refractivity contribution in [1.29, 1.82) is 0 Å². The lowest BCUT2D eigenvalue weighted by molar-refractivity contribution is -0.133. The van der Waals surface area contributed by atoms with Crippen molar-refractivity contribution in [2.45, 2.75) is 119 Å². The van der Waals surface area contributed by atoms with Crippen LogP contribution in [-0.4, -0.2) is 103 Å². The van der Waals surface area contributed by atoms with Crippen molar-refractivity contribution in [3.63, 3.8) is 0 Å². The van der Waals surface area contributed by atoms with E-state index in [1.165, 1.54) is 0 Å². The number of fused-ring (bicyclic) bond motifs is 2. The number of rotatable bonds is 11. The van der Waals surface area contributed by atoms with Gasteiger partial charge in [0.2, 0.25) is 33.7 Å². The molecule has 3 atom stereocenters. The molecule has 0 radical (unpaired) electrons. The molecule has 5 N–H and O–H groups in total. The van der Waals surface area contributed by atoms with Crippen LogP contribution in [0.4, 0.5) is 33.2 Å². The fourth-order valence-corrected chi connectivity index (χ4v) is 11.4. The molecule has 3 amide bonds. The number of hydrogen-bond donors (Lipinski definition) is 5. The molecule has 2 saturated heterocycles.